The van der Waals surface area contributed by atoms with Crippen LogP contribution in [-0.2, 0) is 14.9 Å². The van der Waals surface area contributed by atoms with Crippen molar-refractivity contribution in [3.63, 3.8) is 0 Å². The number of hydrogen-bond acceptors (Lipinski definition) is 4. The van der Waals surface area contributed by atoms with Gasteiger partial charge < -0.3 is 15.0 Å². The summed E-state index contributed by atoms with van der Waals surface area (Å²) < 4.78 is 33.3. The van der Waals surface area contributed by atoms with E-state index >= 15 is 0 Å². The summed E-state index contributed by atoms with van der Waals surface area (Å²) in [5.41, 5.74) is 0.535. The Morgan fingerprint density at radius 3 is 2.19 bits per heavy atom. The van der Waals surface area contributed by atoms with Crippen LogP contribution >= 0.6 is 23.2 Å². The summed E-state index contributed by atoms with van der Waals surface area (Å²) >= 11 is 11.8. The maximum absolute atomic E-state index is 12.6. The number of carbonyl (C=O) groups excluding carboxylic acids is 1. The molecule has 0 bridgehead atoms. The maximum Gasteiger partial charge on any atom is 0.321 e. The van der Waals surface area contributed by atoms with Crippen molar-refractivity contribution < 1.29 is 17.9 Å². The van der Waals surface area contributed by atoms with Crippen LogP contribution in [0.25, 0.3) is 0 Å². The van der Waals surface area contributed by atoms with Crippen LogP contribution in [0.2, 0.25) is 10.0 Å². The lowest BCUT2D eigenvalue weighted by molar-refractivity contribution is 0.0691. The molecule has 1 aromatic carbocycles. The average molecular weight is 423 g/mol. The lowest BCUT2D eigenvalue weighted by Gasteiger charge is -2.37. The third-order valence-corrected chi connectivity index (χ3v) is 7.09. The highest BCUT2D eigenvalue weighted by Gasteiger charge is 2.34. The summed E-state index contributed by atoms with van der Waals surface area (Å²) in [6.07, 6.45) is 0. The van der Waals surface area contributed by atoms with Crippen molar-refractivity contribution in [1.82, 2.24) is 13.5 Å². The Bertz CT molecular complexity index is 763. The number of nitrogens with zero attached hydrogens (tertiary/aromatic N) is 3. The Balaban J connectivity index is 1.55. The van der Waals surface area contributed by atoms with Crippen molar-refractivity contribution in [3.8, 4) is 0 Å². The van der Waals surface area contributed by atoms with Gasteiger partial charge in [-0.15, -0.1) is 0 Å². The summed E-state index contributed by atoms with van der Waals surface area (Å²) in [5, 5.41) is 3.51. The van der Waals surface area contributed by atoms with Gasteiger partial charge >= 0.3 is 6.03 Å². The van der Waals surface area contributed by atoms with E-state index in [1.165, 1.54) is 8.61 Å². The molecule has 0 saturated carbocycles. The summed E-state index contributed by atoms with van der Waals surface area (Å²) in [6.45, 7) is 2.69. The highest BCUT2D eigenvalue weighted by atomic mass is 35.5. The smallest absolute Gasteiger partial charge is 0.321 e. The Morgan fingerprint density at radius 2 is 1.58 bits per heavy atom. The van der Waals surface area contributed by atoms with Crippen molar-refractivity contribution >= 4 is 45.1 Å². The standard InChI is InChI=1S/C15H20Cl2N4O4S/c16-13-2-1-12(11-14(13)17)18-15(22)19-3-5-20(6-4-19)26(23,24)21-7-9-25-10-8-21/h1-2,11H,3-10H2,(H,18,22). The number of ether oxygens (including phenoxy) is 1. The van der Waals surface area contributed by atoms with E-state index in [0.29, 0.717) is 55.1 Å². The molecule has 0 unspecified atom stereocenters. The Kier molecular flexibility index (Phi) is 6.26. The molecule has 0 spiro atoms. The molecular formula is C15H20Cl2N4O4S. The molecule has 0 radical (unpaired) electrons. The Hall–Kier alpha value is -1.10. The van der Waals surface area contributed by atoms with Crippen molar-refractivity contribution in [2.45, 2.75) is 0 Å². The minimum Gasteiger partial charge on any atom is -0.379 e. The molecule has 0 atom stereocenters. The van der Waals surface area contributed by atoms with Crippen molar-refractivity contribution in [2.75, 3.05) is 57.8 Å². The van der Waals surface area contributed by atoms with E-state index < -0.39 is 10.2 Å². The first kappa shape index (κ1) is 19.7. The molecule has 2 aliphatic rings. The van der Waals surface area contributed by atoms with Crippen LogP contribution in [0, 0.1) is 0 Å². The zero-order chi connectivity index (χ0) is 18.7. The largest absolute Gasteiger partial charge is 0.379 e. The Labute approximate surface area is 162 Å². The summed E-state index contributed by atoms with van der Waals surface area (Å²) in [5.74, 6) is 0. The molecular weight excluding hydrogens is 403 g/mol. The van der Waals surface area contributed by atoms with E-state index in [9.17, 15) is 13.2 Å². The molecule has 26 heavy (non-hydrogen) atoms. The second-order valence-corrected chi connectivity index (χ2v) is 8.71. The number of nitrogens with one attached hydrogen (secondary N) is 1. The SMILES string of the molecule is O=C(Nc1ccc(Cl)c(Cl)c1)N1CCN(S(=O)(=O)N2CCOCC2)CC1. The molecule has 0 aromatic heterocycles. The number of halogens is 2. The third-order valence-electron chi connectivity index (χ3n) is 4.32. The topological polar surface area (TPSA) is 82.2 Å². The molecule has 0 aliphatic carbocycles. The van der Waals surface area contributed by atoms with E-state index in [1.54, 1.807) is 23.1 Å². The molecule has 2 saturated heterocycles. The van der Waals surface area contributed by atoms with Crippen LogP contribution in [0.4, 0.5) is 10.5 Å². The minimum atomic E-state index is -3.51. The molecule has 1 N–H and O–H groups in total. The molecule has 2 aliphatic heterocycles. The number of morpholine rings is 1. The fourth-order valence-corrected chi connectivity index (χ4v) is 4.70. The van der Waals surface area contributed by atoms with Crippen molar-refractivity contribution in [1.29, 1.82) is 0 Å². The van der Waals surface area contributed by atoms with Gasteiger partial charge in [0.1, 0.15) is 0 Å². The van der Waals surface area contributed by atoms with Crippen molar-refractivity contribution in [2.24, 2.45) is 0 Å². The molecule has 2 fully saturated rings. The lowest BCUT2D eigenvalue weighted by Crippen LogP contribution is -2.56. The average Bonchev–Trinajstić information content (AvgIpc) is 2.65. The number of hydrogen-bond donors (Lipinski definition) is 1. The third kappa shape index (κ3) is 4.41. The van der Waals surface area contributed by atoms with Gasteiger partial charge in [-0.25, -0.2) is 4.79 Å². The van der Waals surface area contributed by atoms with Crippen molar-refractivity contribution in [3.05, 3.63) is 28.2 Å². The number of rotatable bonds is 3. The van der Waals surface area contributed by atoms with Crippen LogP contribution in [0.5, 0.6) is 0 Å². The second kappa shape index (κ2) is 8.28. The number of amides is 2. The number of urea groups is 1. The van der Waals surface area contributed by atoms with E-state index in [2.05, 4.69) is 5.32 Å². The van der Waals surface area contributed by atoms with Gasteiger partial charge in [0.2, 0.25) is 0 Å². The molecule has 11 heteroatoms. The number of anilines is 1. The summed E-state index contributed by atoms with van der Waals surface area (Å²) in [7, 11) is -3.51. The molecule has 2 amide bonds. The van der Waals surface area contributed by atoms with Crippen LogP contribution < -0.4 is 5.32 Å². The molecule has 144 valence electrons. The predicted octanol–water partition coefficient (Wildman–Crippen LogP) is 1.72. The van der Waals surface area contributed by atoms with E-state index in [4.69, 9.17) is 27.9 Å². The monoisotopic (exact) mass is 422 g/mol. The molecule has 8 nitrogen and oxygen atoms in total. The Morgan fingerprint density at radius 1 is 0.962 bits per heavy atom. The van der Waals surface area contributed by atoms with Crippen LogP contribution in [-0.4, -0.2) is 80.4 Å². The lowest BCUT2D eigenvalue weighted by atomic mass is 10.3. The number of piperazine rings is 1. The number of benzene rings is 1. The van der Waals surface area contributed by atoms with Crippen LogP contribution in [0.1, 0.15) is 0 Å². The molecule has 3 rings (SSSR count). The zero-order valence-corrected chi connectivity index (χ0v) is 16.4. The van der Waals surface area contributed by atoms with Gasteiger partial charge in [-0.2, -0.15) is 17.0 Å². The number of carbonyl (C=O) groups is 1. The normalized spacial score (nSPS) is 20.2. The van der Waals surface area contributed by atoms with Crippen LogP contribution in [0.3, 0.4) is 0 Å². The minimum absolute atomic E-state index is 0.258. The highest BCUT2D eigenvalue weighted by molar-refractivity contribution is 7.86. The highest BCUT2D eigenvalue weighted by Crippen LogP contribution is 2.25. The van der Waals surface area contributed by atoms with Gasteiger partial charge in [0.05, 0.1) is 23.3 Å². The second-order valence-electron chi connectivity index (χ2n) is 5.96. The summed E-state index contributed by atoms with van der Waals surface area (Å²) in [6, 6.07) is 4.53. The van der Waals surface area contributed by atoms with E-state index in [1.807, 2.05) is 0 Å². The van der Waals surface area contributed by atoms with Crippen LogP contribution in [0.15, 0.2) is 18.2 Å². The van der Waals surface area contributed by atoms with Gasteiger partial charge in [0.25, 0.3) is 10.2 Å². The summed E-state index contributed by atoms with van der Waals surface area (Å²) in [4.78, 5) is 13.9. The molecule has 2 heterocycles. The fourth-order valence-electron chi connectivity index (χ4n) is 2.84. The van der Waals surface area contributed by atoms with Gasteiger partial charge in [0, 0.05) is 45.0 Å². The van der Waals surface area contributed by atoms with Gasteiger partial charge in [0.15, 0.2) is 0 Å². The zero-order valence-electron chi connectivity index (χ0n) is 14.0. The van der Waals surface area contributed by atoms with Gasteiger partial charge in [-0.3, -0.25) is 0 Å². The first-order valence-corrected chi connectivity index (χ1v) is 10.4. The van der Waals surface area contributed by atoms with Gasteiger partial charge in [-0.05, 0) is 18.2 Å². The predicted molar refractivity (Wildman–Crippen MR) is 99.9 cm³/mol. The van der Waals surface area contributed by atoms with Gasteiger partial charge in [-0.1, -0.05) is 23.2 Å². The molecule has 1 aromatic rings. The maximum atomic E-state index is 12.6. The van der Waals surface area contributed by atoms with E-state index in [0.717, 1.165) is 0 Å². The fraction of sp³-hybridized carbons (Fsp3) is 0.533. The first-order chi connectivity index (χ1) is 12.4. The van der Waals surface area contributed by atoms with E-state index in [-0.39, 0.29) is 19.1 Å². The quantitative estimate of drug-likeness (QED) is 0.803. The first-order valence-electron chi connectivity index (χ1n) is 8.22.